The first-order chi connectivity index (χ1) is 11.3. The van der Waals surface area contributed by atoms with Crippen molar-refractivity contribution in [2.75, 3.05) is 12.5 Å². The van der Waals surface area contributed by atoms with E-state index in [1.807, 2.05) is 29.6 Å². The van der Waals surface area contributed by atoms with Gasteiger partial charge in [-0.1, -0.05) is 42.0 Å². The van der Waals surface area contributed by atoms with Crippen molar-refractivity contribution >= 4 is 22.7 Å². The maximum absolute atomic E-state index is 5.29. The number of rotatable bonds is 5. The predicted molar refractivity (Wildman–Crippen MR) is 96.5 cm³/mol. The van der Waals surface area contributed by atoms with Gasteiger partial charge in [0, 0.05) is 16.5 Å². The van der Waals surface area contributed by atoms with Crippen LogP contribution in [0.4, 0.5) is 5.13 Å². The van der Waals surface area contributed by atoms with Crippen LogP contribution in [0.5, 0.6) is 5.75 Å². The van der Waals surface area contributed by atoms with Gasteiger partial charge in [-0.25, -0.2) is 4.98 Å². The average Bonchev–Trinajstić information content (AvgIpc) is 3.05. The summed E-state index contributed by atoms with van der Waals surface area (Å²) in [4.78, 5) is 4.55. The third-order valence-corrected chi connectivity index (χ3v) is 4.10. The highest BCUT2D eigenvalue weighted by atomic mass is 32.1. The third-order valence-electron chi connectivity index (χ3n) is 3.35. The third kappa shape index (κ3) is 3.76. The van der Waals surface area contributed by atoms with E-state index in [4.69, 9.17) is 4.74 Å². The summed E-state index contributed by atoms with van der Waals surface area (Å²) in [5.74, 6) is 0.789. The molecule has 0 saturated heterocycles. The van der Waals surface area contributed by atoms with Crippen molar-refractivity contribution in [2.24, 2.45) is 5.10 Å². The minimum Gasteiger partial charge on any atom is -0.496 e. The first kappa shape index (κ1) is 15.2. The molecule has 1 N–H and O–H groups in total. The number of nitrogens with one attached hydrogen (secondary N) is 1. The van der Waals surface area contributed by atoms with Crippen molar-refractivity contribution in [2.45, 2.75) is 6.92 Å². The molecule has 0 unspecified atom stereocenters. The molecule has 0 atom stereocenters. The van der Waals surface area contributed by atoms with Crippen molar-refractivity contribution in [1.82, 2.24) is 4.98 Å². The molecule has 3 rings (SSSR count). The molecule has 0 spiro atoms. The molecule has 116 valence electrons. The molecule has 0 amide bonds. The second kappa shape index (κ2) is 7.07. The van der Waals surface area contributed by atoms with Crippen LogP contribution in [0.25, 0.3) is 11.3 Å². The highest BCUT2D eigenvalue weighted by Crippen LogP contribution is 2.25. The number of nitrogens with zero attached hydrogens (tertiary/aromatic N) is 2. The van der Waals surface area contributed by atoms with Gasteiger partial charge in [0.15, 0.2) is 0 Å². The molecular weight excluding hydrogens is 306 g/mol. The van der Waals surface area contributed by atoms with Crippen LogP contribution in [0.1, 0.15) is 11.1 Å². The zero-order valence-electron chi connectivity index (χ0n) is 13.0. The zero-order valence-corrected chi connectivity index (χ0v) is 13.8. The SMILES string of the molecule is COc1ccccc1C=NNc1nc(-c2ccc(C)cc2)cs1. The van der Waals surface area contributed by atoms with Crippen molar-refractivity contribution < 1.29 is 4.74 Å². The number of benzene rings is 2. The summed E-state index contributed by atoms with van der Waals surface area (Å²) >= 11 is 1.53. The van der Waals surface area contributed by atoms with E-state index in [0.29, 0.717) is 0 Å². The minimum atomic E-state index is 0.756. The number of hydrazone groups is 1. The number of para-hydroxylation sites is 1. The molecule has 23 heavy (non-hydrogen) atoms. The fourth-order valence-electron chi connectivity index (χ4n) is 2.11. The molecular formula is C18H17N3OS. The molecule has 1 heterocycles. The van der Waals surface area contributed by atoms with E-state index in [0.717, 1.165) is 27.7 Å². The van der Waals surface area contributed by atoms with E-state index < -0.39 is 0 Å². The Morgan fingerprint density at radius 3 is 2.70 bits per heavy atom. The van der Waals surface area contributed by atoms with Crippen molar-refractivity contribution in [3.8, 4) is 17.0 Å². The highest BCUT2D eigenvalue weighted by molar-refractivity contribution is 7.14. The Labute approximate surface area is 139 Å². The first-order valence-corrected chi connectivity index (χ1v) is 8.09. The fourth-order valence-corrected chi connectivity index (χ4v) is 2.78. The number of hydrogen-bond acceptors (Lipinski definition) is 5. The number of ether oxygens (including phenoxy) is 1. The Morgan fingerprint density at radius 2 is 1.91 bits per heavy atom. The van der Waals surface area contributed by atoms with Crippen LogP contribution in [0.3, 0.4) is 0 Å². The van der Waals surface area contributed by atoms with E-state index in [1.165, 1.54) is 16.9 Å². The van der Waals surface area contributed by atoms with Gasteiger partial charge in [0.1, 0.15) is 5.75 Å². The number of anilines is 1. The Bertz CT molecular complexity index is 809. The first-order valence-electron chi connectivity index (χ1n) is 7.21. The number of aryl methyl sites for hydroxylation is 1. The monoisotopic (exact) mass is 323 g/mol. The van der Waals surface area contributed by atoms with Crippen LogP contribution in [0, 0.1) is 6.92 Å². The molecule has 0 saturated carbocycles. The quantitative estimate of drug-likeness (QED) is 0.552. The molecule has 0 aliphatic carbocycles. The molecule has 1 aromatic heterocycles. The molecule has 0 fully saturated rings. The number of thiazole rings is 1. The number of hydrogen-bond donors (Lipinski definition) is 1. The molecule has 0 bridgehead atoms. The van der Waals surface area contributed by atoms with Crippen LogP contribution in [0.2, 0.25) is 0 Å². The molecule has 3 aromatic rings. The summed E-state index contributed by atoms with van der Waals surface area (Å²) < 4.78 is 5.29. The Balaban J connectivity index is 1.70. The summed E-state index contributed by atoms with van der Waals surface area (Å²) in [5, 5.41) is 7.01. The Hall–Kier alpha value is -2.66. The van der Waals surface area contributed by atoms with E-state index >= 15 is 0 Å². The summed E-state index contributed by atoms with van der Waals surface area (Å²) in [7, 11) is 1.65. The van der Waals surface area contributed by atoms with Crippen LogP contribution >= 0.6 is 11.3 Å². The van der Waals surface area contributed by atoms with Crippen LogP contribution in [-0.2, 0) is 0 Å². The van der Waals surface area contributed by atoms with Crippen LogP contribution < -0.4 is 10.2 Å². The van der Waals surface area contributed by atoms with Crippen molar-refractivity contribution in [3.05, 3.63) is 65.0 Å². The Morgan fingerprint density at radius 1 is 1.13 bits per heavy atom. The van der Waals surface area contributed by atoms with Gasteiger partial charge < -0.3 is 4.74 Å². The fraction of sp³-hybridized carbons (Fsp3) is 0.111. The van der Waals surface area contributed by atoms with E-state index in [-0.39, 0.29) is 0 Å². The maximum Gasteiger partial charge on any atom is 0.203 e. The largest absolute Gasteiger partial charge is 0.496 e. The molecule has 0 radical (unpaired) electrons. The van der Waals surface area contributed by atoms with Gasteiger partial charge in [-0.05, 0) is 19.1 Å². The second-order valence-corrected chi connectivity index (χ2v) is 5.87. The molecule has 5 heteroatoms. The molecule has 2 aromatic carbocycles. The maximum atomic E-state index is 5.29. The predicted octanol–water partition coefficient (Wildman–Crippen LogP) is 4.57. The number of methoxy groups -OCH3 is 1. The van der Waals surface area contributed by atoms with E-state index in [2.05, 4.69) is 46.7 Å². The summed E-state index contributed by atoms with van der Waals surface area (Å²) in [6.45, 7) is 2.07. The lowest BCUT2D eigenvalue weighted by Crippen LogP contribution is -1.93. The average molecular weight is 323 g/mol. The van der Waals surface area contributed by atoms with Gasteiger partial charge in [0.25, 0.3) is 0 Å². The lowest BCUT2D eigenvalue weighted by Gasteiger charge is -2.02. The van der Waals surface area contributed by atoms with Gasteiger partial charge >= 0.3 is 0 Å². The molecule has 4 nitrogen and oxygen atoms in total. The summed E-state index contributed by atoms with van der Waals surface area (Å²) in [6, 6.07) is 16.0. The van der Waals surface area contributed by atoms with Crippen LogP contribution in [0.15, 0.2) is 59.0 Å². The molecule has 0 aliphatic heterocycles. The minimum absolute atomic E-state index is 0.756. The van der Waals surface area contributed by atoms with E-state index in [9.17, 15) is 0 Å². The van der Waals surface area contributed by atoms with Gasteiger partial charge in [-0.15, -0.1) is 11.3 Å². The summed E-state index contributed by atoms with van der Waals surface area (Å²) in [5.41, 5.74) is 7.18. The number of aromatic nitrogens is 1. The van der Waals surface area contributed by atoms with Gasteiger partial charge in [-0.2, -0.15) is 5.10 Å². The van der Waals surface area contributed by atoms with Gasteiger partial charge in [0.05, 0.1) is 19.0 Å². The van der Waals surface area contributed by atoms with Gasteiger partial charge in [-0.3, -0.25) is 5.43 Å². The summed E-state index contributed by atoms with van der Waals surface area (Å²) in [6.07, 6.45) is 1.73. The van der Waals surface area contributed by atoms with Crippen LogP contribution in [-0.4, -0.2) is 18.3 Å². The standard InChI is InChI=1S/C18H17N3OS/c1-13-7-9-14(10-8-13)16-12-23-18(20-16)21-19-11-15-5-3-4-6-17(15)22-2/h3-12H,1-2H3,(H,20,21). The normalized spacial score (nSPS) is 10.9. The van der Waals surface area contributed by atoms with Gasteiger partial charge in [0.2, 0.25) is 5.13 Å². The lowest BCUT2D eigenvalue weighted by atomic mass is 10.1. The van der Waals surface area contributed by atoms with Crippen molar-refractivity contribution in [3.63, 3.8) is 0 Å². The van der Waals surface area contributed by atoms with Crippen molar-refractivity contribution in [1.29, 1.82) is 0 Å². The smallest absolute Gasteiger partial charge is 0.203 e. The lowest BCUT2D eigenvalue weighted by molar-refractivity contribution is 0.414. The molecule has 0 aliphatic rings. The second-order valence-electron chi connectivity index (χ2n) is 5.02. The van der Waals surface area contributed by atoms with E-state index in [1.54, 1.807) is 13.3 Å². The topological polar surface area (TPSA) is 46.5 Å². The highest BCUT2D eigenvalue weighted by Gasteiger charge is 2.03. The Kier molecular flexibility index (Phi) is 4.68. The zero-order chi connectivity index (χ0) is 16.1.